The molecular weight excluding hydrogens is 334 g/mol. The summed E-state index contributed by atoms with van der Waals surface area (Å²) in [4.78, 5) is 24.0. The summed E-state index contributed by atoms with van der Waals surface area (Å²) in [6.07, 6.45) is 0.122. The second-order valence-corrected chi connectivity index (χ2v) is 5.87. The molecule has 0 aromatic heterocycles. The van der Waals surface area contributed by atoms with Gasteiger partial charge in [-0.25, -0.2) is 0 Å². The molecule has 0 radical (unpaired) electrons. The van der Waals surface area contributed by atoms with E-state index in [1.54, 1.807) is 18.2 Å². The first-order valence-corrected chi connectivity index (χ1v) is 8.16. The molecule has 2 rings (SSSR count). The van der Waals surface area contributed by atoms with Crippen molar-refractivity contribution >= 4 is 17.6 Å². The van der Waals surface area contributed by atoms with Crippen molar-refractivity contribution in [3.05, 3.63) is 53.1 Å². The minimum atomic E-state index is -0.457. The highest BCUT2D eigenvalue weighted by atomic mass is 16.5. The smallest absolute Gasteiger partial charge is 0.310 e. The highest BCUT2D eigenvalue weighted by Gasteiger charge is 2.12. The zero-order chi connectivity index (χ0) is 19.1. The SMILES string of the molecule is COc1ccc(OC)c(NC(=O)COC(=O)Cc2ccc(C)c(C)c2)c1. The summed E-state index contributed by atoms with van der Waals surface area (Å²) in [5, 5.41) is 2.65. The van der Waals surface area contributed by atoms with Crippen LogP contribution in [0.1, 0.15) is 16.7 Å². The number of carbonyl (C=O) groups is 2. The lowest BCUT2D eigenvalue weighted by Gasteiger charge is -2.12. The van der Waals surface area contributed by atoms with Gasteiger partial charge in [-0.3, -0.25) is 9.59 Å². The van der Waals surface area contributed by atoms with Crippen LogP contribution in [0.5, 0.6) is 11.5 Å². The molecule has 0 aliphatic carbocycles. The van der Waals surface area contributed by atoms with Crippen LogP contribution in [0.15, 0.2) is 36.4 Å². The van der Waals surface area contributed by atoms with Crippen molar-refractivity contribution in [2.45, 2.75) is 20.3 Å². The van der Waals surface area contributed by atoms with E-state index in [9.17, 15) is 9.59 Å². The molecule has 0 atom stereocenters. The van der Waals surface area contributed by atoms with Crippen molar-refractivity contribution < 1.29 is 23.8 Å². The fourth-order valence-corrected chi connectivity index (χ4v) is 2.38. The maximum atomic E-state index is 12.1. The normalized spacial score (nSPS) is 10.2. The number of carbonyl (C=O) groups excluding carboxylic acids is 2. The number of esters is 1. The fraction of sp³-hybridized carbons (Fsp3) is 0.300. The zero-order valence-corrected chi connectivity index (χ0v) is 15.4. The molecule has 0 aliphatic heterocycles. The van der Waals surface area contributed by atoms with Gasteiger partial charge in [0, 0.05) is 6.07 Å². The van der Waals surface area contributed by atoms with Crippen molar-refractivity contribution in [1.82, 2.24) is 0 Å². The van der Waals surface area contributed by atoms with E-state index in [0.29, 0.717) is 17.2 Å². The van der Waals surface area contributed by atoms with Crippen LogP contribution in [0, 0.1) is 13.8 Å². The van der Waals surface area contributed by atoms with E-state index in [0.717, 1.165) is 16.7 Å². The average molecular weight is 357 g/mol. The van der Waals surface area contributed by atoms with Gasteiger partial charge in [-0.1, -0.05) is 18.2 Å². The first-order chi connectivity index (χ1) is 12.4. The summed E-state index contributed by atoms with van der Waals surface area (Å²) in [6.45, 7) is 3.62. The molecule has 2 aromatic carbocycles. The van der Waals surface area contributed by atoms with Gasteiger partial charge in [-0.05, 0) is 42.7 Å². The van der Waals surface area contributed by atoms with E-state index in [2.05, 4.69) is 5.32 Å². The van der Waals surface area contributed by atoms with Gasteiger partial charge < -0.3 is 19.5 Å². The van der Waals surface area contributed by atoms with E-state index in [-0.39, 0.29) is 13.0 Å². The molecule has 0 aliphatic rings. The molecule has 6 heteroatoms. The Hall–Kier alpha value is -3.02. The predicted molar refractivity (Wildman–Crippen MR) is 98.8 cm³/mol. The van der Waals surface area contributed by atoms with Crippen LogP contribution in [-0.2, 0) is 20.7 Å². The average Bonchev–Trinajstić information content (AvgIpc) is 2.63. The first-order valence-electron chi connectivity index (χ1n) is 8.16. The Labute approximate surface area is 153 Å². The Kier molecular flexibility index (Phi) is 6.60. The molecule has 0 bridgehead atoms. The summed E-state index contributed by atoms with van der Waals surface area (Å²) in [5.74, 6) is 0.152. The Morgan fingerprint density at radius 2 is 1.73 bits per heavy atom. The number of benzene rings is 2. The van der Waals surface area contributed by atoms with E-state index < -0.39 is 11.9 Å². The predicted octanol–water partition coefficient (Wildman–Crippen LogP) is 3.05. The number of amides is 1. The molecule has 1 N–H and O–H groups in total. The summed E-state index contributed by atoms with van der Waals surface area (Å²) in [5.41, 5.74) is 3.57. The number of aryl methyl sites for hydroxylation is 2. The van der Waals surface area contributed by atoms with Crippen LogP contribution in [0.2, 0.25) is 0 Å². The van der Waals surface area contributed by atoms with Crippen LogP contribution >= 0.6 is 0 Å². The van der Waals surface area contributed by atoms with Crippen molar-refractivity contribution in [3.8, 4) is 11.5 Å². The number of hydrogen-bond acceptors (Lipinski definition) is 5. The van der Waals surface area contributed by atoms with Crippen LogP contribution in [0.25, 0.3) is 0 Å². The fourth-order valence-electron chi connectivity index (χ4n) is 2.38. The van der Waals surface area contributed by atoms with Crippen molar-refractivity contribution in [2.24, 2.45) is 0 Å². The first kappa shape index (κ1) is 19.3. The van der Waals surface area contributed by atoms with Gasteiger partial charge >= 0.3 is 5.97 Å². The number of nitrogens with one attached hydrogen (secondary N) is 1. The molecule has 0 saturated heterocycles. The van der Waals surface area contributed by atoms with Gasteiger partial charge in [-0.2, -0.15) is 0 Å². The number of methoxy groups -OCH3 is 2. The Morgan fingerprint density at radius 1 is 0.962 bits per heavy atom. The van der Waals surface area contributed by atoms with Crippen LogP contribution in [0.4, 0.5) is 5.69 Å². The topological polar surface area (TPSA) is 73.9 Å². The lowest BCUT2D eigenvalue weighted by molar-refractivity contribution is -0.146. The van der Waals surface area contributed by atoms with Crippen molar-refractivity contribution in [2.75, 3.05) is 26.1 Å². The van der Waals surface area contributed by atoms with Gasteiger partial charge in [-0.15, -0.1) is 0 Å². The molecule has 0 fully saturated rings. The quantitative estimate of drug-likeness (QED) is 0.771. The molecule has 0 heterocycles. The van der Waals surface area contributed by atoms with Crippen molar-refractivity contribution in [3.63, 3.8) is 0 Å². The monoisotopic (exact) mass is 357 g/mol. The summed E-state index contributed by atoms with van der Waals surface area (Å²) >= 11 is 0. The minimum absolute atomic E-state index is 0.122. The van der Waals surface area contributed by atoms with Crippen molar-refractivity contribution in [1.29, 1.82) is 0 Å². The summed E-state index contributed by atoms with van der Waals surface area (Å²) in [7, 11) is 3.03. The highest BCUT2D eigenvalue weighted by Crippen LogP contribution is 2.28. The van der Waals surface area contributed by atoms with E-state index in [1.165, 1.54) is 14.2 Å². The number of hydrogen-bond donors (Lipinski definition) is 1. The summed E-state index contributed by atoms with van der Waals surface area (Å²) in [6, 6.07) is 10.8. The molecular formula is C20H23NO5. The van der Waals surface area contributed by atoms with Gasteiger partial charge in [0.15, 0.2) is 6.61 Å². The minimum Gasteiger partial charge on any atom is -0.497 e. The van der Waals surface area contributed by atoms with Crippen LogP contribution in [0.3, 0.4) is 0 Å². The lowest BCUT2D eigenvalue weighted by atomic mass is 10.0. The molecule has 138 valence electrons. The Balaban J connectivity index is 1.90. The molecule has 0 saturated carbocycles. The van der Waals surface area contributed by atoms with Crippen LogP contribution < -0.4 is 14.8 Å². The molecule has 2 aromatic rings. The zero-order valence-electron chi connectivity index (χ0n) is 15.4. The standard InChI is InChI=1S/C20H23NO5/c1-13-5-6-15(9-14(13)2)10-20(23)26-12-19(22)21-17-11-16(24-3)7-8-18(17)25-4/h5-9,11H,10,12H2,1-4H3,(H,21,22). The summed E-state index contributed by atoms with van der Waals surface area (Å²) < 4.78 is 15.4. The molecule has 26 heavy (non-hydrogen) atoms. The third-order valence-electron chi connectivity index (χ3n) is 3.96. The lowest BCUT2D eigenvalue weighted by Crippen LogP contribution is -2.22. The van der Waals surface area contributed by atoms with Gasteiger partial charge in [0.25, 0.3) is 5.91 Å². The second kappa shape index (κ2) is 8.89. The number of rotatable bonds is 7. The maximum absolute atomic E-state index is 12.1. The van der Waals surface area contributed by atoms with E-state index in [1.807, 2.05) is 32.0 Å². The molecule has 1 amide bonds. The molecule has 6 nitrogen and oxygen atoms in total. The largest absolute Gasteiger partial charge is 0.497 e. The Morgan fingerprint density at radius 3 is 2.38 bits per heavy atom. The van der Waals surface area contributed by atoms with Gasteiger partial charge in [0.05, 0.1) is 26.3 Å². The van der Waals surface area contributed by atoms with E-state index in [4.69, 9.17) is 14.2 Å². The second-order valence-electron chi connectivity index (χ2n) is 5.87. The molecule has 0 spiro atoms. The highest BCUT2D eigenvalue weighted by molar-refractivity contribution is 5.94. The third kappa shape index (κ3) is 5.24. The maximum Gasteiger partial charge on any atom is 0.310 e. The third-order valence-corrected chi connectivity index (χ3v) is 3.96. The number of ether oxygens (including phenoxy) is 3. The van der Waals surface area contributed by atoms with E-state index >= 15 is 0 Å². The van der Waals surface area contributed by atoms with Gasteiger partial charge in [0.2, 0.25) is 0 Å². The Bertz CT molecular complexity index is 801. The number of anilines is 1. The van der Waals surface area contributed by atoms with Crippen LogP contribution in [-0.4, -0.2) is 32.7 Å². The van der Waals surface area contributed by atoms with Gasteiger partial charge in [0.1, 0.15) is 11.5 Å². The molecule has 0 unspecified atom stereocenters.